The quantitative estimate of drug-likeness (QED) is 0.637. The van der Waals surface area contributed by atoms with Gasteiger partial charge in [-0.05, 0) is 65.8 Å². The van der Waals surface area contributed by atoms with Crippen LogP contribution in [0.4, 0.5) is 0 Å². The van der Waals surface area contributed by atoms with E-state index in [9.17, 15) is 4.79 Å². The molecular formula is C26H26N2O4. The van der Waals surface area contributed by atoms with Gasteiger partial charge in [0.1, 0.15) is 0 Å². The molecule has 0 spiro atoms. The molecule has 164 valence electrons. The molecule has 2 aliphatic rings. The van der Waals surface area contributed by atoms with Crippen LogP contribution >= 0.6 is 0 Å². The van der Waals surface area contributed by atoms with Crippen molar-refractivity contribution in [2.45, 2.75) is 25.8 Å². The number of hydrogen-bond acceptors (Lipinski definition) is 5. The minimum absolute atomic E-state index is 0.0803. The number of rotatable bonds is 6. The molecule has 3 heterocycles. The number of amides is 1. The van der Waals surface area contributed by atoms with Gasteiger partial charge in [-0.3, -0.25) is 9.78 Å². The fourth-order valence-corrected chi connectivity index (χ4v) is 4.42. The molecule has 1 aromatic heterocycles. The average molecular weight is 431 g/mol. The van der Waals surface area contributed by atoms with Crippen LogP contribution in [0.3, 0.4) is 0 Å². The molecule has 1 fully saturated rings. The summed E-state index contributed by atoms with van der Waals surface area (Å²) >= 11 is 0. The Hall–Kier alpha value is -3.38. The Kier molecular flexibility index (Phi) is 5.77. The third kappa shape index (κ3) is 4.32. The highest BCUT2D eigenvalue weighted by Crippen LogP contribution is 2.36. The molecule has 1 saturated heterocycles. The van der Waals surface area contributed by atoms with Crippen molar-refractivity contribution >= 4 is 5.91 Å². The molecule has 0 radical (unpaired) electrons. The number of fused-ring (bicyclic) bond motifs is 1. The molecule has 1 N–H and O–H groups in total. The lowest BCUT2D eigenvalue weighted by molar-refractivity contribution is -0.136. The van der Waals surface area contributed by atoms with Gasteiger partial charge in [-0.15, -0.1) is 0 Å². The van der Waals surface area contributed by atoms with Crippen molar-refractivity contribution in [2.24, 2.45) is 5.41 Å². The van der Waals surface area contributed by atoms with Gasteiger partial charge in [0, 0.05) is 32.2 Å². The van der Waals surface area contributed by atoms with Gasteiger partial charge in [-0.25, -0.2) is 0 Å². The standard InChI is InChI=1S/C26H26N2O4/c29-25(28-17-20-3-6-23-24(15-20)32-18-31-23)26(9-13-30-14-10-26)16-19-1-4-21(5-2-19)22-7-11-27-12-8-22/h1-8,11-12,15H,9-10,13-14,16-18H2,(H,28,29). The lowest BCUT2D eigenvalue weighted by Gasteiger charge is -2.36. The minimum atomic E-state index is -0.466. The summed E-state index contributed by atoms with van der Waals surface area (Å²) in [6.45, 7) is 1.91. The summed E-state index contributed by atoms with van der Waals surface area (Å²) in [5.74, 6) is 1.56. The normalized spacial score (nSPS) is 16.5. The first-order valence-corrected chi connectivity index (χ1v) is 11.0. The van der Waals surface area contributed by atoms with E-state index in [-0.39, 0.29) is 12.7 Å². The van der Waals surface area contributed by atoms with E-state index in [4.69, 9.17) is 14.2 Å². The van der Waals surface area contributed by atoms with E-state index in [1.807, 2.05) is 30.3 Å². The SMILES string of the molecule is O=C(NCc1ccc2c(c1)OCO2)C1(Cc2ccc(-c3ccncc3)cc2)CCOCC1. The van der Waals surface area contributed by atoms with Crippen LogP contribution in [0, 0.1) is 5.41 Å². The number of nitrogens with zero attached hydrogens (tertiary/aromatic N) is 1. The maximum atomic E-state index is 13.4. The van der Waals surface area contributed by atoms with E-state index in [0.717, 1.165) is 33.8 Å². The number of carbonyl (C=O) groups is 1. The molecule has 0 aliphatic carbocycles. The molecule has 2 aromatic carbocycles. The first-order valence-electron chi connectivity index (χ1n) is 11.0. The van der Waals surface area contributed by atoms with Crippen molar-refractivity contribution in [1.29, 1.82) is 0 Å². The monoisotopic (exact) mass is 430 g/mol. The van der Waals surface area contributed by atoms with Gasteiger partial charge in [0.2, 0.25) is 12.7 Å². The Labute approximate surface area is 187 Å². The lowest BCUT2D eigenvalue weighted by atomic mass is 9.74. The van der Waals surface area contributed by atoms with Crippen molar-refractivity contribution in [1.82, 2.24) is 10.3 Å². The van der Waals surface area contributed by atoms with Crippen LogP contribution in [0.15, 0.2) is 67.0 Å². The molecule has 6 nitrogen and oxygen atoms in total. The number of carbonyl (C=O) groups excluding carboxylic acids is 1. The predicted octanol–water partition coefficient (Wildman–Crippen LogP) is 4.13. The zero-order chi connectivity index (χ0) is 21.8. The van der Waals surface area contributed by atoms with Crippen LogP contribution in [0.25, 0.3) is 11.1 Å². The van der Waals surface area contributed by atoms with Crippen molar-refractivity contribution in [3.05, 3.63) is 78.1 Å². The second-order valence-corrected chi connectivity index (χ2v) is 8.37. The molecule has 0 saturated carbocycles. The second-order valence-electron chi connectivity index (χ2n) is 8.37. The number of pyridine rings is 1. The number of ether oxygens (including phenoxy) is 3. The number of aromatic nitrogens is 1. The van der Waals surface area contributed by atoms with Gasteiger partial charge >= 0.3 is 0 Å². The van der Waals surface area contributed by atoms with E-state index in [2.05, 4.69) is 34.6 Å². The van der Waals surface area contributed by atoms with Crippen LogP contribution in [0.5, 0.6) is 11.5 Å². The summed E-state index contributed by atoms with van der Waals surface area (Å²) in [5.41, 5.74) is 3.96. The minimum Gasteiger partial charge on any atom is -0.454 e. The Balaban J connectivity index is 1.29. The second kappa shape index (κ2) is 9.01. The van der Waals surface area contributed by atoms with E-state index in [0.29, 0.717) is 39.0 Å². The molecule has 0 bridgehead atoms. The van der Waals surface area contributed by atoms with Crippen molar-refractivity contribution in [3.63, 3.8) is 0 Å². The van der Waals surface area contributed by atoms with Crippen LogP contribution in [-0.2, 0) is 22.5 Å². The highest BCUT2D eigenvalue weighted by atomic mass is 16.7. The highest BCUT2D eigenvalue weighted by molar-refractivity contribution is 5.83. The zero-order valence-electron chi connectivity index (χ0n) is 17.9. The topological polar surface area (TPSA) is 69.7 Å². The summed E-state index contributed by atoms with van der Waals surface area (Å²) in [4.78, 5) is 17.5. The summed E-state index contributed by atoms with van der Waals surface area (Å²) in [6.07, 6.45) is 5.72. The van der Waals surface area contributed by atoms with Gasteiger partial charge in [-0.2, -0.15) is 0 Å². The fraction of sp³-hybridized carbons (Fsp3) is 0.308. The molecule has 32 heavy (non-hydrogen) atoms. The molecule has 5 rings (SSSR count). The third-order valence-corrected chi connectivity index (χ3v) is 6.33. The maximum absolute atomic E-state index is 13.4. The van der Waals surface area contributed by atoms with Gasteiger partial charge in [-0.1, -0.05) is 30.3 Å². The summed E-state index contributed by atoms with van der Waals surface area (Å²) in [7, 11) is 0. The van der Waals surface area contributed by atoms with E-state index < -0.39 is 5.41 Å². The van der Waals surface area contributed by atoms with Crippen molar-refractivity contribution in [3.8, 4) is 22.6 Å². The molecule has 3 aromatic rings. The van der Waals surface area contributed by atoms with E-state index in [1.165, 1.54) is 0 Å². The molecule has 6 heteroatoms. The Morgan fingerprint density at radius 3 is 2.34 bits per heavy atom. The van der Waals surface area contributed by atoms with E-state index in [1.54, 1.807) is 12.4 Å². The highest BCUT2D eigenvalue weighted by Gasteiger charge is 2.40. The lowest BCUT2D eigenvalue weighted by Crippen LogP contribution is -2.45. The molecule has 2 aliphatic heterocycles. The average Bonchev–Trinajstić information content (AvgIpc) is 3.32. The largest absolute Gasteiger partial charge is 0.454 e. The number of hydrogen-bond donors (Lipinski definition) is 1. The number of benzene rings is 2. The summed E-state index contributed by atoms with van der Waals surface area (Å²) in [5, 5.41) is 3.16. The van der Waals surface area contributed by atoms with Crippen LogP contribution in [-0.4, -0.2) is 30.9 Å². The first kappa shape index (κ1) is 20.5. The van der Waals surface area contributed by atoms with Crippen LogP contribution in [0.2, 0.25) is 0 Å². The van der Waals surface area contributed by atoms with Crippen LogP contribution in [0.1, 0.15) is 24.0 Å². The fourth-order valence-electron chi connectivity index (χ4n) is 4.42. The van der Waals surface area contributed by atoms with Gasteiger partial charge < -0.3 is 19.5 Å². The van der Waals surface area contributed by atoms with Crippen molar-refractivity contribution < 1.29 is 19.0 Å². The number of nitrogens with one attached hydrogen (secondary N) is 1. The van der Waals surface area contributed by atoms with Gasteiger partial charge in [0.05, 0.1) is 5.41 Å². The van der Waals surface area contributed by atoms with Crippen LogP contribution < -0.4 is 14.8 Å². The first-order chi connectivity index (χ1) is 15.7. The third-order valence-electron chi connectivity index (χ3n) is 6.33. The van der Waals surface area contributed by atoms with Gasteiger partial charge in [0.15, 0.2) is 11.5 Å². The summed E-state index contributed by atoms with van der Waals surface area (Å²) in [6, 6.07) is 18.2. The summed E-state index contributed by atoms with van der Waals surface area (Å²) < 4.78 is 16.4. The molecular weight excluding hydrogens is 404 g/mol. The molecule has 0 atom stereocenters. The molecule has 1 amide bonds. The predicted molar refractivity (Wildman–Crippen MR) is 120 cm³/mol. The Morgan fingerprint density at radius 1 is 0.875 bits per heavy atom. The van der Waals surface area contributed by atoms with Gasteiger partial charge in [0.25, 0.3) is 0 Å². The van der Waals surface area contributed by atoms with E-state index >= 15 is 0 Å². The van der Waals surface area contributed by atoms with Crippen molar-refractivity contribution in [2.75, 3.05) is 20.0 Å². The smallest absolute Gasteiger partial charge is 0.231 e. The Morgan fingerprint density at radius 2 is 1.56 bits per heavy atom. The molecule has 0 unspecified atom stereocenters. The maximum Gasteiger partial charge on any atom is 0.231 e. The zero-order valence-corrected chi connectivity index (χ0v) is 17.9. The Bertz CT molecular complexity index is 1080.